The van der Waals surface area contributed by atoms with Gasteiger partial charge >= 0.3 is 7.12 Å². The molecule has 0 saturated carbocycles. The van der Waals surface area contributed by atoms with Gasteiger partial charge in [0.25, 0.3) is 0 Å². The average Bonchev–Trinajstić information content (AvgIpc) is 2.49. The zero-order valence-electron chi connectivity index (χ0n) is 8.54. The number of hydrogen-bond acceptors (Lipinski definition) is 3. The summed E-state index contributed by atoms with van der Waals surface area (Å²) >= 11 is 0. The van der Waals surface area contributed by atoms with Crippen molar-refractivity contribution < 1.29 is 14.4 Å². The Bertz CT molecular complexity index is 190. The second kappa shape index (κ2) is 4.27. The Hall–Kier alpha value is -0.315. The highest BCUT2D eigenvalue weighted by atomic mass is 16.6. The topological polar surface area (TPSA) is 38.7 Å². The predicted octanol–water partition coefficient (Wildman–Crippen LogP) is 1.03. The lowest BCUT2D eigenvalue weighted by Gasteiger charge is -2.21. The minimum absolute atomic E-state index is 0.0238. The molecule has 0 aromatic rings. The van der Waals surface area contributed by atoms with Crippen LogP contribution in [0.15, 0.2) is 11.5 Å². The van der Waals surface area contributed by atoms with Crippen molar-refractivity contribution in [3.8, 4) is 0 Å². The molecule has 74 valence electrons. The van der Waals surface area contributed by atoms with Crippen molar-refractivity contribution in [2.45, 2.75) is 20.8 Å². The van der Waals surface area contributed by atoms with E-state index in [9.17, 15) is 0 Å². The van der Waals surface area contributed by atoms with Crippen LogP contribution in [-0.4, -0.2) is 32.0 Å². The van der Waals surface area contributed by atoms with Crippen LogP contribution in [0.3, 0.4) is 0 Å². The lowest BCUT2D eigenvalue weighted by molar-refractivity contribution is 0.294. The molecule has 0 radical (unpaired) electrons. The molecular formula is C9H17BO3. The van der Waals surface area contributed by atoms with Gasteiger partial charge < -0.3 is 14.4 Å². The molecule has 4 heteroatoms. The lowest BCUT2D eigenvalue weighted by Crippen LogP contribution is -2.19. The first kappa shape index (κ1) is 10.8. The molecule has 1 aliphatic rings. The highest BCUT2D eigenvalue weighted by Gasteiger charge is 2.25. The van der Waals surface area contributed by atoms with Gasteiger partial charge in [-0.2, -0.15) is 0 Å². The molecule has 1 fully saturated rings. The van der Waals surface area contributed by atoms with Crippen molar-refractivity contribution in [3.05, 3.63) is 11.5 Å². The Morgan fingerprint density at radius 2 is 1.92 bits per heavy atom. The summed E-state index contributed by atoms with van der Waals surface area (Å²) in [5.41, 5.74) is 0.934. The Morgan fingerprint density at radius 3 is 2.31 bits per heavy atom. The lowest BCUT2D eigenvalue weighted by atomic mass is 9.78. The molecule has 0 aromatic carbocycles. The summed E-state index contributed by atoms with van der Waals surface area (Å²) in [4.78, 5) is 0. The molecule has 1 aliphatic heterocycles. The Kier molecular flexibility index (Phi) is 3.53. The monoisotopic (exact) mass is 184 g/mol. The number of aliphatic hydroxyl groups excluding tert-OH is 1. The fourth-order valence-corrected chi connectivity index (χ4v) is 1.18. The molecule has 1 rings (SSSR count). The zero-order valence-corrected chi connectivity index (χ0v) is 8.54. The van der Waals surface area contributed by atoms with E-state index < -0.39 is 0 Å². The van der Waals surface area contributed by atoms with Crippen LogP contribution in [-0.2, 0) is 9.31 Å². The van der Waals surface area contributed by atoms with Crippen LogP contribution < -0.4 is 0 Å². The first-order valence-electron chi connectivity index (χ1n) is 4.59. The largest absolute Gasteiger partial charge is 0.486 e. The van der Waals surface area contributed by atoms with Crippen molar-refractivity contribution in [1.29, 1.82) is 0 Å². The standard InChI is InChI=1S/C9H17BO3/c1-9(2,3)8(7-11)6-10-12-4-5-13-10/h6,11H,4-5,7H2,1-3H3/b8-6+. The summed E-state index contributed by atoms with van der Waals surface area (Å²) in [6, 6.07) is 0. The molecule has 1 saturated heterocycles. The van der Waals surface area contributed by atoms with E-state index >= 15 is 0 Å². The van der Waals surface area contributed by atoms with Crippen molar-refractivity contribution >= 4 is 7.12 Å². The second-order valence-corrected chi connectivity index (χ2v) is 4.21. The SMILES string of the molecule is CC(C)(C)/C(=C/B1OCCO1)CO. The fourth-order valence-electron chi connectivity index (χ4n) is 1.18. The Balaban J connectivity index is 2.64. The van der Waals surface area contributed by atoms with E-state index in [0.717, 1.165) is 5.57 Å². The van der Waals surface area contributed by atoms with Gasteiger partial charge in [0, 0.05) is 0 Å². The van der Waals surface area contributed by atoms with Gasteiger partial charge in [-0.3, -0.25) is 0 Å². The maximum absolute atomic E-state index is 9.14. The zero-order chi connectivity index (χ0) is 9.90. The van der Waals surface area contributed by atoms with Crippen LogP contribution in [0, 0.1) is 5.41 Å². The van der Waals surface area contributed by atoms with Gasteiger partial charge in [-0.15, -0.1) is 0 Å². The normalized spacial score (nSPS) is 19.7. The smallest absolute Gasteiger partial charge is 0.405 e. The van der Waals surface area contributed by atoms with Crippen molar-refractivity contribution in [3.63, 3.8) is 0 Å². The van der Waals surface area contributed by atoms with Crippen molar-refractivity contribution in [2.24, 2.45) is 5.41 Å². The Labute approximate surface area is 79.9 Å². The quantitative estimate of drug-likeness (QED) is 0.651. The molecule has 0 amide bonds. The molecule has 0 aromatic heterocycles. The maximum Gasteiger partial charge on any atom is 0.486 e. The van der Waals surface area contributed by atoms with Crippen LogP contribution in [0.4, 0.5) is 0 Å². The Morgan fingerprint density at radius 1 is 1.38 bits per heavy atom. The molecule has 0 spiro atoms. The van der Waals surface area contributed by atoms with E-state index in [1.807, 2.05) is 5.98 Å². The van der Waals surface area contributed by atoms with Crippen LogP contribution in [0.1, 0.15) is 20.8 Å². The summed E-state index contributed by atoms with van der Waals surface area (Å²) in [6.07, 6.45) is 0. The van der Waals surface area contributed by atoms with Gasteiger partial charge in [0.2, 0.25) is 0 Å². The highest BCUT2D eigenvalue weighted by Crippen LogP contribution is 2.25. The molecule has 1 heterocycles. The molecule has 0 bridgehead atoms. The molecule has 0 aliphatic carbocycles. The highest BCUT2D eigenvalue weighted by molar-refractivity contribution is 6.51. The maximum atomic E-state index is 9.14. The molecule has 0 unspecified atom stereocenters. The molecule has 3 nitrogen and oxygen atoms in total. The first-order chi connectivity index (χ1) is 6.04. The second-order valence-electron chi connectivity index (χ2n) is 4.21. The molecule has 1 N–H and O–H groups in total. The minimum atomic E-state index is -0.263. The average molecular weight is 184 g/mol. The van der Waals surface area contributed by atoms with E-state index in [1.165, 1.54) is 0 Å². The van der Waals surface area contributed by atoms with E-state index in [4.69, 9.17) is 14.4 Å². The summed E-state index contributed by atoms with van der Waals surface area (Å²) in [6.45, 7) is 7.53. The van der Waals surface area contributed by atoms with Gasteiger partial charge in [-0.1, -0.05) is 26.7 Å². The third-order valence-corrected chi connectivity index (χ3v) is 2.12. The van der Waals surface area contributed by atoms with Crippen molar-refractivity contribution in [2.75, 3.05) is 19.8 Å². The molecule has 13 heavy (non-hydrogen) atoms. The number of hydrogen-bond donors (Lipinski definition) is 1. The van der Waals surface area contributed by atoms with Gasteiger partial charge in [-0.05, 0) is 11.0 Å². The third kappa shape index (κ3) is 3.14. The number of rotatable bonds is 2. The van der Waals surface area contributed by atoms with Gasteiger partial charge in [0.05, 0.1) is 19.8 Å². The van der Waals surface area contributed by atoms with Crippen LogP contribution >= 0.6 is 0 Å². The predicted molar refractivity (Wildman–Crippen MR) is 52.3 cm³/mol. The van der Waals surface area contributed by atoms with Crippen LogP contribution in [0.2, 0.25) is 0 Å². The summed E-state index contributed by atoms with van der Waals surface area (Å²) < 4.78 is 10.5. The van der Waals surface area contributed by atoms with Crippen molar-refractivity contribution in [1.82, 2.24) is 0 Å². The van der Waals surface area contributed by atoms with Crippen LogP contribution in [0.25, 0.3) is 0 Å². The van der Waals surface area contributed by atoms with E-state index in [2.05, 4.69) is 20.8 Å². The fraction of sp³-hybridized carbons (Fsp3) is 0.778. The van der Waals surface area contributed by atoms with Gasteiger partial charge in [0.15, 0.2) is 0 Å². The minimum Gasteiger partial charge on any atom is -0.405 e. The first-order valence-corrected chi connectivity index (χ1v) is 4.59. The number of aliphatic hydroxyl groups is 1. The third-order valence-electron chi connectivity index (χ3n) is 2.12. The van der Waals surface area contributed by atoms with Crippen LogP contribution in [0.5, 0.6) is 0 Å². The van der Waals surface area contributed by atoms with E-state index in [0.29, 0.717) is 13.2 Å². The van der Waals surface area contributed by atoms with E-state index in [1.54, 1.807) is 0 Å². The summed E-state index contributed by atoms with van der Waals surface area (Å²) in [7, 11) is -0.263. The molecular weight excluding hydrogens is 167 g/mol. The van der Waals surface area contributed by atoms with Gasteiger partial charge in [-0.25, -0.2) is 0 Å². The molecule has 0 atom stereocenters. The van der Waals surface area contributed by atoms with Gasteiger partial charge in [0.1, 0.15) is 0 Å². The summed E-state index contributed by atoms with van der Waals surface area (Å²) in [5, 5.41) is 9.14. The summed E-state index contributed by atoms with van der Waals surface area (Å²) in [5.74, 6) is 1.87. The van der Waals surface area contributed by atoms with E-state index in [-0.39, 0.29) is 19.1 Å².